The van der Waals surface area contributed by atoms with Gasteiger partial charge in [0.15, 0.2) is 11.5 Å². The van der Waals surface area contributed by atoms with Crippen LogP contribution in [0.15, 0.2) is 18.2 Å². The number of nitrogens with one attached hydrogen (secondary N) is 1. The number of rotatable bonds is 4. The third-order valence-electron chi connectivity index (χ3n) is 2.62. The summed E-state index contributed by atoms with van der Waals surface area (Å²) in [4.78, 5) is 11.0. The van der Waals surface area contributed by atoms with Crippen LogP contribution in [0.2, 0.25) is 0 Å². The van der Waals surface area contributed by atoms with Crippen LogP contribution < -0.4 is 5.32 Å². The molecule has 5 heteroatoms. The van der Waals surface area contributed by atoms with Crippen molar-refractivity contribution in [3.8, 4) is 11.5 Å². The van der Waals surface area contributed by atoms with Gasteiger partial charge < -0.3 is 20.6 Å². The summed E-state index contributed by atoms with van der Waals surface area (Å²) in [5.74, 6) is -1.44. The van der Waals surface area contributed by atoms with Crippen molar-refractivity contribution < 1.29 is 20.1 Å². The highest BCUT2D eigenvalue weighted by atomic mass is 16.4. The lowest BCUT2D eigenvalue weighted by Gasteiger charge is -2.24. The SMILES string of the molecule is CN[C@@](C)(Cc1ccc(O)c(O)c1)C(=O)O. The molecule has 0 aliphatic carbocycles. The molecule has 5 nitrogen and oxygen atoms in total. The maximum atomic E-state index is 11.0. The average Bonchev–Trinajstić information content (AvgIpc) is 2.23. The Hall–Kier alpha value is -1.75. The van der Waals surface area contributed by atoms with Gasteiger partial charge in [0.05, 0.1) is 0 Å². The smallest absolute Gasteiger partial charge is 0.323 e. The number of carbonyl (C=O) groups is 1. The van der Waals surface area contributed by atoms with Crippen molar-refractivity contribution in [1.29, 1.82) is 0 Å². The van der Waals surface area contributed by atoms with Gasteiger partial charge in [-0.3, -0.25) is 4.79 Å². The van der Waals surface area contributed by atoms with E-state index in [-0.39, 0.29) is 17.9 Å². The summed E-state index contributed by atoms with van der Waals surface area (Å²) in [6.07, 6.45) is 0.215. The van der Waals surface area contributed by atoms with Crippen molar-refractivity contribution in [2.45, 2.75) is 18.9 Å². The van der Waals surface area contributed by atoms with Crippen molar-refractivity contribution >= 4 is 5.97 Å². The minimum absolute atomic E-state index is 0.215. The molecule has 16 heavy (non-hydrogen) atoms. The molecule has 0 fully saturated rings. The minimum atomic E-state index is -1.09. The molecule has 1 aromatic carbocycles. The zero-order valence-electron chi connectivity index (χ0n) is 9.19. The lowest BCUT2D eigenvalue weighted by Crippen LogP contribution is -2.49. The van der Waals surface area contributed by atoms with Gasteiger partial charge in [0.25, 0.3) is 0 Å². The summed E-state index contributed by atoms with van der Waals surface area (Å²) in [5.41, 5.74) is -0.460. The summed E-state index contributed by atoms with van der Waals surface area (Å²) in [7, 11) is 1.56. The van der Waals surface area contributed by atoms with Crippen molar-refractivity contribution in [1.82, 2.24) is 5.32 Å². The van der Waals surface area contributed by atoms with Gasteiger partial charge in [0, 0.05) is 6.42 Å². The molecule has 0 radical (unpaired) electrons. The summed E-state index contributed by atoms with van der Waals surface area (Å²) < 4.78 is 0. The van der Waals surface area contributed by atoms with Crippen LogP contribution in [-0.2, 0) is 11.2 Å². The highest BCUT2D eigenvalue weighted by Crippen LogP contribution is 2.26. The average molecular weight is 225 g/mol. The standard InChI is InChI=1S/C11H15NO4/c1-11(12-2,10(15)16)6-7-3-4-8(13)9(14)5-7/h3-5,12-14H,6H2,1-2H3,(H,15,16)/t11-/m0/s1. The topological polar surface area (TPSA) is 89.8 Å². The van der Waals surface area contributed by atoms with E-state index in [1.54, 1.807) is 20.0 Å². The van der Waals surface area contributed by atoms with E-state index in [1.807, 2.05) is 0 Å². The number of aromatic hydroxyl groups is 2. The van der Waals surface area contributed by atoms with Crippen molar-refractivity contribution in [2.75, 3.05) is 7.05 Å². The van der Waals surface area contributed by atoms with Crippen LogP contribution in [0.3, 0.4) is 0 Å². The van der Waals surface area contributed by atoms with Gasteiger partial charge in [-0.15, -0.1) is 0 Å². The Kier molecular flexibility index (Phi) is 3.39. The molecule has 88 valence electrons. The first-order valence-electron chi connectivity index (χ1n) is 4.82. The van der Waals surface area contributed by atoms with Crippen molar-refractivity contribution in [3.63, 3.8) is 0 Å². The van der Waals surface area contributed by atoms with E-state index in [9.17, 15) is 9.90 Å². The molecule has 0 heterocycles. The van der Waals surface area contributed by atoms with Gasteiger partial charge in [0.1, 0.15) is 5.54 Å². The Morgan fingerprint density at radius 3 is 2.44 bits per heavy atom. The van der Waals surface area contributed by atoms with Gasteiger partial charge in [0.2, 0.25) is 0 Å². The molecule has 0 unspecified atom stereocenters. The first-order chi connectivity index (χ1) is 7.39. The van der Waals surface area contributed by atoms with E-state index in [0.717, 1.165) is 0 Å². The van der Waals surface area contributed by atoms with E-state index in [0.29, 0.717) is 5.56 Å². The van der Waals surface area contributed by atoms with E-state index in [2.05, 4.69) is 5.32 Å². The Balaban J connectivity index is 2.95. The minimum Gasteiger partial charge on any atom is -0.504 e. The quantitative estimate of drug-likeness (QED) is 0.566. The monoisotopic (exact) mass is 225 g/mol. The van der Waals surface area contributed by atoms with Crippen molar-refractivity contribution in [3.05, 3.63) is 23.8 Å². The fourth-order valence-electron chi connectivity index (χ4n) is 1.36. The summed E-state index contributed by atoms with van der Waals surface area (Å²) in [6.45, 7) is 1.55. The summed E-state index contributed by atoms with van der Waals surface area (Å²) in [5, 5.41) is 30.2. The highest BCUT2D eigenvalue weighted by molar-refractivity contribution is 5.78. The van der Waals surface area contributed by atoms with Crippen molar-refractivity contribution in [2.24, 2.45) is 0 Å². The molecule has 4 N–H and O–H groups in total. The molecular formula is C11H15NO4. The number of benzene rings is 1. The normalized spacial score (nSPS) is 14.4. The molecule has 0 saturated carbocycles. The first kappa shape index (κ1) is 12.3. The Morgan fingerprint density at radius 2 is 2.00 bits per heavy atom. The van der Waals surface area contributed by atoms with Gasteiger partial charge in [-0.2, -0.15) is 0 Å². The van der Waals surface area contributed by atoms with Crippen LogP contribution in [0, 0.1) is 0 Å². The van der Waals surface area contributed by atoms with E-state index >= 15 is 0 Å². The zero-order chi connectivity index (χ0) is 12.3. The maximum Gasteiger partial charge on any atom is 0.323 e. The van der Waals surface area contributed by atoms with Crippen LogP contribution in [0.25, 0.3) is 0 Å². The molecule has 1 aromatic rings. The van der Waals surface area contributed by atoms with Gasteiger partial charge >= 0.3 is 5.97 Å². The largest absolute Gasteiger partial charge is 0.504 e. The van der Waals surface area contributed by atoms with Crippen LogP contribution in [0.4, 0.5) is 0 Å². The zero-order valence-corrected chi connectivity index (χ0v) is 9.19. The van der Waals surface area contributed by atoms with E-state index in [1.165, 1.54) is 12.1 Å². The van der Waals surface area contributed by atoms with Crippen LogP contribution in [0.1, 0.15) is 12.5 Å². The summed E-state index contributed by atoms with van der Waals surface area (Å²) in [6, 6.07) is 4.27. The van der Waals surface area contributed by atoms with Gasteiger partial charge in [-0.25, -0.2) is 0 Å². The lowest BCUT2D eigenvalue weighted by atomic mass is 9.93. The molecule has 0 aliphatic rings. The molecule has 0 aliphatic heterocycles. The number of hydrogen-bond acceptors (Lipinski definition) is 4. The Bertz CT molecular complexity index is 405. The first-order valence-corrected chi connectivity index (χ1v) is 4.82. The predicted molar refractivity (Wildman–Crippen MR) is 58.6 cm³/mol. The third kappa shape index (κ3) is 2.43. The number of hydrogen-bond donors (Lipinski definition) is 4. The molecule has 1 rings (SSSR count). The van der Waals surface area contributed by atoms with Crippen LogP contribution in [-0.4, -0.2) is 33.9 Å². The second-order valence-corrected chi connectivity index (χ2v) is 3.89. The Labute approximate surface area is 93.4 Å². The molecule has 1 atom stereocenters. The van der Waals surface area contributed by atoms with Crippen LogP contribution >= 0.6 is 0 Å². The molecule has 0 amide bonds. The Morgan fingerprint density at radius 1 is 1.38 bits per heavy atom. The number of phenolic OH excluding ortho intramolecular Hbond substituents is 2. The number of aliphatic carboxylic acids is 1. The predicted octanol–water partition coefficient (Wildman–Crippen LogP) is 0.703. The fourth-order valence-corrected chi connectivity index (χ4v) is 1.36. The fraction of sp³-hybridized carbons (Fsp3) is 0.364. The van der Waals surface area contributed by atoms with Crippen LogP contribution in [0.5, 0.6) is 11.5 Å². The van der Waals surface area contributed by atoms with E-state index in [4.69, 9.17) is 10.2 Å². The second kappa shape index (κ2) is 4.40. The molecule has 0 spiro atoms. The van der Waals surface area contributed by atoms with Gasteiger partial charge in [-0.05, 0) is 31.7 Å². The number of phenols is 2. The third-order valence-corrected chi connectivity index (χ3v) is 2.62. The second-order valence-electron chi connectivity index (χ2n) is 3.89. The maximum absolute atomic E-state index is 11.0. The summed E-state index contributed by atoms with van der Waals surface area (Å²) >= 11 is 0. The number of likely N-dealkylation sites (N-methyl/N-ethyl adjacent to an activating group) is 1. The highest BCUT2D eigenvalue weighted by Gasteiger charge is 2.31. The molecular weight excluding hydrogens is 210 g/mol. The van der Waals surface area contributed by atoms with Gasteiger partial charge in [-0.1, -0.05) is 6.07 Å². The molecule has 0 saturated heterocycles. The molecule has 0 bridgehead atoms. The van der Waals surface area contributed by atoms with E-state index < -0.39 is 11.5 Å². The molecule has 0 aromatic heterocycles. The number of carboxylic acid groups (broad SMARTS) is 1. The number of carboxylic acids is 1. The lowest BCUT2D eigenvalue weighted by molar-refractivity contribution is -0.143.